The second-order valence-corrected chi connectivity index (χ2v) is 4.59. The van der Waals surface area contributed by atoms with E-state index < -0.39 is 0 Å². The molecule has 2 rings (SSSR count). The van der Waals surface area contributed by atoms with Gasteiger partial charge >= 0.3 is 0 Å². The number of aryl methyl sites for hydroxylation is 2. The lowest BCUT2D eigenvalue weighted by Crippen LogP contribution is -2.18. The SMILES string of the molecule is CNC(c1ccc(F)c(C)c1)c1ccccc1C. The second-order valence-electron chi connectivity index (χ2n) is 4.59. The van der Waals surface area contributed by atoms with Gasteiger partial charge in [-0.2, -0.15) is 0 Å². The fraction of sp³-hybridized carbons (Fsp3) is 0.250. The van der Waals surface area contributed by atoms with E-state index in [-0.39, 0.29) is 11.9 Å². The molecule has 1 nitrogen and oxygen atoms in total. The molecular weight excluding hydrogens is 225 g/mol. The third-order valence-corrected chi connectivity index (χ3v) is 3.30. The highest BCUT2D eigenvalue weighted by Crippen LogP contribution is 2.25. The van der Waals surface area contributed by atoms with Crippen molar-refractivity contribution in [2.24, 2.45) is 0 Å². The fourth-order valence-electron chi connectivity index (χ4n) is 2.26. The summed E-state index contributed by atoms with van der Waals surface area (Å²) in [4.78, 5) is 0. The molecule has 0 spiro atoms. The predicted molar refractivity (Wildman–Crippen MR) is 73.2 cm³/mol. The number of hydrogen-bond donors (Lipinski definition) is 1. The molecule has 0 aliphatic rings. The number of rotatable bonds is 3. The molecular formula is C16H18FN. The molecule has 0 aliphatic carbocycles. The van der Waals surface area contributed by atoms with Crippen LogP contribution in [0.3, 0.4) is 0 Å². The first-order chi connectivity index (χ1) is 8.63. The molecule has 2 heteroatoms. The van der Waals surface area contributed by atoms with Crippen LogP contribution in [0.15, 0.2) is 42.5 Å². The second kappa shape index (κ2) is 5.32. The molecule has 1 atom stereocenters. The number of nitrogens with one attached hydrogen (secondary N) is 1. The molecule has 0 aromatic heterocycles. The first-order valence-corrected chi connectivity index (χ1v) is 6.12. The van der Waals surface area contributed by atoms with Crippen molar-refractivity contribution in [3.63, 3.8) is 0 Å². The van der Waals surface area contributed by atoms with E-state index in [1.165, 1.54) is 17.2 Å². The fourth-order valence-corrected chi connectivity index (χ4v) is 2.26. The lowest BCUT2D eigenvalue weighted by molar-refractivity contribution is 0.613. The third kappa shape index (κ3) is 2.44. The highest BCUT2D eigenvalue weighted by Gasteiger charge is 2.14. The Labute approximate surface area is 108 Å². The van der Waals surface area contributed by atoms with E-state index in [4.69, 9.17) is 0 Å². The van der Waals surface area contributed by atoms with Crippen molar-refractivity contribution in [2.45, 2.75) is 19.9 Å². The molecule has 1 N–H and O–H groups in total. The molecule has 0 bridgehead atoms. The van der Waals surface area contributed by atoms with Crippen LogP contribution >= 0.6 is 0 Å². The van der Waals surface area contributed by atoms with Crippen molar-refractivity contribution >= 4 is 0 Å². The summed E-state index contributed by atoms with van der Waals surface area (Å²) < 4.78 is 13.3. The first kappa shape index (κ1) is 12.8. The number of halogens is 1. The summed E-state index contributed by atoms with van der Waals surface area (Å²) in [5.74, 6) is -0.154. The summed E-state index contributed by atoms with van der Waals surface area (Å²) in [5.41, 5.74) is 4.23. The Balaban J connectivity index is 2.45. The van der Waals surface area contributed by atoms with Crippen LogP contribution in [0.2, 0.25) is 0 Å². The van der Waals surface area contributed by atoms with Crippen LogP contribution in [0.1, 0.15) is 28.3 Å². The first-order valence-electron chi connectivity index (χ1n) is 6.12. The zero-order valence-corrected chi connectivity index (χ0v) is 11.0. The van der Waals surface area contributed by atoms with Crippen molar-refractivity contribution in [2.75, 3.05) is 7.05 Å². The van der Waals surface area contributed by atoms with Crippen LogP contribution in [-0.4, -0.2) is 7.05 Å². The largest absolute Gasteiger partial charge is 0.309 e. The molecule has 2 aromatic carbocycles. The molecule has 94 valence electrons. The maximum atomic E-state index is 13.3. The lowest BCUT2D eigenvalue weighted by atomic mass is 9.94. The van der Waals surface area contributed by atoms with Gasteiger partial charge in [-0.05, 0) is 49.2 Å². The third-order valence-electron chi connectivity index (χ3n) is 3.30. The van der Waals surface area contributed by atoms with E-state index in [2.05, 4.69) is 24.4 Å². The standard InChI is InChI=1S/C16H18FN/c1-11-6-4-5-7-14(11)16(18-3)13-8-9-15(17)12(2)10-13/h4-10,16,18H,1-3H3. The summed E-state index contributed by atoms with van der Waals surface area (Å²) in [6.45, 7) is 3.89. The van der Waals surface area contributed by atoms with E-state index >= 15 is 0 Å². The Morgan fingerprint density at radius 3 is 2.33 bits per heavy atom. The molecule has 0 fully saturated rings. The Hall–Kier alpha value is -1.67. The van der Waals surface area contributed by atoms with Crippen LogP contribution in [0, 0.1) is 19.7 Å². The summed E-state index contributed by atoms with van der Waals surface area (Å²) in [5, 5.41) is 3.30. The van der Waals surface area contributed by atoms with Gasteiger partial charge < -0.3 is 5.32 Å². The van der Waals surface area contributed by atoms with Crippen LogP contribution in [-0.2, 0) is 0 Å². The molecule has 0 aliphatic heterocycles. The van der Waals surface area contributed by atoms with E-state index in [0.29, 0.717) is 5.56 Å². The average molecular weight is 243 g/mol. The maximum Gasteiger partial charge on any atom is 0.126 e. The Bertz CT molecular complexity index is 549. The van der Waals surface area contributed by atoms with Gasteiger partial charge in [0.25, 0.3) is 0 Å². The monoisotopic (exact) mass is 243 g/mol. The van der Waals surface area contributed by atoms with Crippen LogP contribution in [0.5, 0.6) is 0 Å². The van der Waals surface area contributed by atoms with Gasteiger partial charge in [0, 0.05) is 0 Å². The van der Waals surface area contributed by atoms with E-state index in [9.17, 15) is 4.39 Å². The normalized spacial score (nSPS) is 12.4. The molecule has 18 heavy (non-hydrogen) atoms. The predicted octanol–water partition coefficient (Wildman–Crippen LogP) is 3.75. The van der Waals surface area contributed by atoms with Crippen molar-refractivity contribution in [1.29, 1.82) is 0 Å². The van der Waals surface area contributed by atoms with Gasteiger partial charge in [-0.1, -0.05) is 36.4 Å². The van der Waals surface area contributed by atoms with Gasteiger partial charge in [0.15, 0.2) is 0 Å². The van der Waals surface area contributed by atoms with Crippen LogP contribution < -0.4 is 5.32 Å². The molecule has 1 unspecified atom stereocenters. The summed E-state index contributed by atoms with van der Waals surface area (Å²) in [7, 11) is 1.93. The smallest absolute Gasteiger partial charge is 0.126 e. The summed E-state index contributed by atoms with van der Waals surface area (Å²) >= 11 is 0. The summed E-state index contributed by atoms with van der Waals surface area (Å²) in [6, 6.07) is 13.6. The van der Waals surface area contributed by atoms with Crippen molar-refractivity contribution < 1.29 is 4.39 Å². The molecule has 0 heterocycles. The molecule has 0 saturated heterocycles. The van der Waals surface area contributed by atoms with Crippen LogP contribution in [0.4, 0.5) is 4.39 Å². The number of hydrogen-bond acceptors (Lipinski definition) is 1. The molecule has 2 aromatic rings. The van der Waals surface area contributed by atoms with Crippen LogP contribution in [0.25, 0.3) is 0 Å². The van der Waals surface area contributed by atoms with Gasteiger partial charge in [-0.15, -0.1) is 0 Å². The minimum Gasteiger partial charge on any atom is -0.309 e. The topological polar surface area (TPSA) is 12.0 Å². The Kier molecular flexibility index (Phi) is 3.78. The van der Waals surface area contributed by atoms with E-state index in [0.717, 1.165) is 5.56 Å². The van der Waals surface area contributed by atoms with E-state index in [1.807, 2.05) is 31.3 Å². The van der Waals surface area contributed by atoms with Gasteiger partial charge in [0.1, 0.15) is 5.82 Å². The maximum absolute atomic E-state index is 13.3. The zero-order chi connectivity index (χ0) is 13.1. The molecule has 0 radical (unpaired) electrons. The summed E-state index contributed by atoms with van der Waals surface area (Å²) in [6.07, 6.45) is 0. The molecule has 0 saturated carbocycles. The van der Waals surface area contributed by atoms with Crippen molar-refractivity contribution in [1.82, 2.24) is 5.32 Å². The average Bonchev–Trinajstić information content (AvgIpc) is 2.37. The highest BCUT2D eigenvalue weighted by atomic mass is 19.1. The number of benzene rings is 2. The highest BCUT2D eigenvalue weighted by molar-refractivity contribution is 5.38. The van der Waals surface area contributed by atoms with Crippen molar-refractivity contribution in [3.8, 4) is 0 Å². The molecule has 0 amide bonds. The lowest BCUT2D eigenvalue weighted by Gasteiger charge is -2.20. The van der Waals surface area contributed by atoms with Gasteiger partial charge in [-0.3, -0.25) is 0 Å². The zero-order valence-electron chi connectivity index (χ0n) is 11.0. The van der Waals surface area contributed by atoms with Gasteiger partial charge in [0.2, 0.25) is 0 Å². The van der Waals surface area contributed by atoms with Gasteiger partial charge in [-0.25, -0.2) is 4.39 Å². The van der Waals surface area contributed by atoms with Crippen molar-refractivity contribution in [3.05, 3.63) is 70.5 Å². The van der Waals surface area contributed by atoms with Gasteiger partial charge in [0.05, 0.1) is 6.04 Å². The minimum absolute atomic E-state index is 0.102. The minimum atomic E-state index is -0.154. The Morgan fingerprint density at radius 2 is 1.72 bits per heavy atom. The quantitative estimate of drug-likeness (QED) is 0.865. The Morgan fingerprint density at radius 1 is 1.00 bits per heavy atom. The van der Waals surface area contributed by atoms with E-state index in [1.54, 1.807) is 6.92 Å².